The van der Waals surface area contributed by atoms with Crippen molar-refractivity contribution in [3.8, 4) is 11.7 Å². The Balaban J connectivity index is 1.68. The normalized spacial score (nSPS) is 11.2. The fourth-order valence-corrected chi connectivity index (χ4v) is 2.18. The molecule has 114 valence electrons. The van der Waals surface area contributed by atoms with E-state index in [1.54, 1.807) is 24.5 Å². The Morgan fingerprint density at radius 3 is 2.77 bits per heavy atom. The lowest BCUT2D eigenvalue weighted by Gasteiger charge is -2.18. The number of rotatable bonds is 6. The molecule has 3 rings (SSSR count). The van der Waals surface area contributed by atoms with Crippen LogP contribution in [0.2, 0.25) is 0 Å². The van der Waals surface area contributed by atoms with Crippen molar-refractivity contribution in [2.45, 2.75) is 20.0 Å². The minimum absolute atomic E-state index is 0.230. The summed E-state index contributed by atoms with van der Waals surface area (Å²) in [5.74, 6) is 1.19. The smallest absolute Gasteiger partial charge is 0.283 e. The zero-order chi connectivity index (χ0) is 15.4. The number of furan rings is 1. The SMILES string of the molecule is CCN(Cc1cccc(F)c1)Cc1nnc(-c2ccco2)o1. The van der Waals surface area contributed by atoms with E-state index in [1.807, 2.05) is 13.0 Å². The Bertz CT molecular complexity index is 725. The van der Waals surface area contributed by atoms with Crippen molar-refractivity contribution in [1.82, 2.24) is 15.1 Å². The van der Waals surface area contributed by atoms with Gasteiger partial charge in [0, 0.05) is 6.54 Å². The lowest BCUT2D eigenvalue weighted by molar-refractivity contribution is 0.243. The fraction of sp³-hybridized carbons (Fsp3) is 0.250. The first-order valence-corrected chi connectivity index (χ1v) is 7.07. The monoisotopic (exact) mass is 301 g/mol. The van der Waals surface area contributed by atoms with E-state index in [4.69, 9.17) is 8.83 Å². The van der Waals surface area contributed by atoms with Crippen LogP contribution in [0.1, 0.15) is 18.4 Å². The van der Waals surface area contributed by atoms with Crippen LogP contribution in [0.15, 0.2) is 51.5 Å². The predicted molar refractivity (Wildman–Crippen MR) is 78.2 cm³/mol. The van der Waals surface area contributed by atoms with E-state index in [1.165, 1.54) is 12.1 Å². The van der Waals surface area contributed by atoms with Crippen LogP contribution < -0.4 is 0 Å². The zero-order valence-corrected chi connectivity index (χ0v) is 12.2. The second kappa shape index (κ2) is 6.53. The van der Waals surface area contributed by atoms with Crippen LogP contribution in [0, 0.1) is 5.82 Å². The van der Waals surface area contributed by atoms with Gasteiger partial charge in [-0.25, -0.2) is 4.39 Å². The van der Waals surface area contributed by atoms with Gasteiger partial charge in [-0.1, -0.05) is 19.1 Å². The molecule has 1 aromatic carbocycles. The van der Waals surface area contributed by atoms with Gasteiger partial charge in [0.05, 0.1) is 12.8 Å². The molecule has 0 radical (unpaired) electrons. The number of benzene rings is 1. The largest absolute Gasteiger partial charge is 0.459 e. The molecular weight excluding hydrogens is 285 g/mol. The van der Waals surface area contributed by atoms with E-state index in [2.05, 4.69) is 15.1 Å². The molecule has 0 aliphatic rings. The third kappa shape index (κ3) is 3.40. The summed E-state index contributed by atoms with van der Waals surface area (Å²) in [5.41, 5.74) is 0.910. The highest BCUT2D eigenvalue weighted by atomic mass is 19.1. The first-order valence-electron chi connectivity index (χ1n) is 7.07. The molecule has 0 saturated heterocycles. The molecule has 0 aliphatic heterocycles. The molecule has 22 heavy (non-hydrogen) atoms. The van der Waals surface area contributed by atoms with Gasteiger partial charge in [-0.2, -0.15) is 0 Å². The molecule has 6 heteroatoms. The van der Waals surface area contributed by atoms with Gasteiger partial charge >= 0.3 is 0 Å². The van der Waals surface area contributed by atoms with Gasteiger partial charge in [-0.15, -0.1) is 10.2 Å². The Morgan fingerprint density at radius 1 is 1.14 bits per heavy atom. The number of hydrogen-bond acceptors (Lipinski definition) is 5. The third-order valence-electron chi connectivity index (χ3n) is 3.30. The summed E-state index contributed by atoms with van der Waals surface area (Å²) in [6, 6.07) is 10.1. The van der Waals surface area contributed by atoms with Gasteiger partial charge in [0.1, 0.15) is 5.82 Å². The molecule has 0 bridgehead atoms. The molecule has 5 nitrogen and oxygen atoms in total. The van der Waals surface area contributed by atoms with Crippen molar-refractivity contribution in [2.24, 2.45) is 0 Å². The lowest BCUT2D eigenvalue weighted by Crippen LogP contribution is -2.22. The fourth-order valence-electron chi connectivity index (χ4n) is 2.18. The summed E-state index contributed by atoms with van der Waals surface area (Å²) < 4.78 is 24.1. The van der Waals surface area contributed by atoms with Gasteiger partial charge in [0.25, 0.3) is 5.89 Å². The Labute approximate surface area is 127 Å². The van der Waals surface area contributed by atoms with Crippen LogP contribution in [-0.4, -0.2) is 21.6 Å². The number of aromatic nitrogens is 2. The van der Waals surface area contributed by atoms with Crippen molar-refractivity contribution < 1.29 is 13.2 Å². The van der Waals surface area contributed by atoms with Crippen LogP contribution in [0.3, 0.4) is 0 Å². The minimum atomic E-state index is -0.230. The summed E-state index contributed by atoms with van der Waals surface area (Å²) in [6.45, 7) is 3.94. The predicted octanol–water partition coefficient (Wildman–Crippen LogP) is 3.49. The van der Waals surface area contributed by atoms with E-state index in [0.29, 0.717) is 30.6 Å². The highest BCUT2D eigenvalue weighted by Crippen LogP contribution is 2.19. The lowest BCUT2D eigenvalue weighted by atomic mass is 10.2. The summed E-state index contributed by atoms with van der Waals surface area (Å²) in [6.07, 6.45) is 1.56. The molecular formula is C16H16FN3O2. The van der Waals surface area contributed by atoms with Crippen LogP contribution in [-0.2, 0) is 13.1 Å². The first kappa shape index (κ1) is 14.5. The maximum Gasteiger partial charge on any atom is 0.283 e. The maximum absolute atomic E-state index is 13.2. The van der Waals surface area contributed by atoms with Crippen molar-refractivity contribution >= 4 is 0 Å². The molecule has 0 saturated carbocycles. The molecule has 0 spiro atoms. The Hall–Kier alpha value is -2.47. The van der Waals surface area contributed by atoms with E-state index >= 15 is 0 Å². The number of halogens is 1. The van der Waals surface area contributed by atoms with Crippen LogP contribution in [0.25, 0.3) is 11.7 Å². The molecule has 0 amide bonds. The second-order valence-corrected chi connectivity index (χ2v) is 4.91. The molecule has 0 atom stereocenters. The van der Waals surface area contributed by atoms with E-state index < -0.39 is 0 Å². The molecule has 0 aliphatic carbocycles. The van der Waals surface area contributed by atoms with Crippen LogP contribution >= 0.6 is 0 Å². The quantitative estimate of drug-likeness (QED) is 0.697. The van der Waals surface area contributed by atoms with Crippen LogP contribution in [0.4, 0.5) is 4.39 Å². The summed E-state index contributed by atoms with van der Waals surface area (Å²) in [7, 11) is 0. The Kier molecular flexibility index (Phi) is 4.29. The van der Waals surface area contributed by atoms with Gasteiger partial charge in [0.15, 0.2) is 5.76 Å². The summed E-state index contributed by atoms with van der Waals surface area (Å²) in [4.78, 5) is 2.09. The molecule has 0 N–H and O–H groups in total. The molecule has 0 fully saturated rings. The van der Waals surface area contributed by atoms with Gasteiger partial charge < -0.3 is 8.83 Å². The molecule has 3 aromatic rings. The molecule has 0 unspecified atom stereocenters. The topological polar surface area (TPSA) is 55.3 Å². The average molecular weight is 301 g/mol. The summed E-state index contributed by atoms with van der Waals surface area (Å²) >= 11 is 0. The maximum atomic E-state index is 13.2. The van der Waals surface area contributed by atoms with E-state index in [9.17, 15) is 4.39 Å². The average Bonchev–Trinajstić information content (AvgIpc) is 3.17. The first-order chi connectivity index (χ1) is 10.7. The standard InChI is InChI=1S/C16H16FN3O2/c1-2-20(10-12-5-3-6-13(17)9-12)11-15-18-19-16(22-15)14-7-4-8-21-14/h3-9H,2,10-11H2,1H3. The highest BCUT2D eigenvalue weighted by Gasteiger charge is 2.14. The number of nitrogens with zero attached hydrogens (tertiary/aromatic N) is 3. The third-order valence-corrected chi connectivity index (χ3v) is 3.30. The van der Waals surface area contributed by atoms with Gasteiger partial charge in [-0.05, 0) is 36.4 Å². The van der Waals surface area contributed by atoms with Crippen molar-refractivity contribution in [3.05, 3.63) is 59.9 Å². The van der Waals surface area contributed by atoms with Gasteiger partial charge in [-0.3, -0.25) is 4.90 Å². The second-order valence-electron chi connectivity index (χ2n) is 4.91. The van der Waals surface area contributed by atoms with Crippen LogP contribution in [0.5, 0.6) is 0 Å². The van der Waals surface area contributed by atoms with Crippen molar-refractivity contribution in [1.29, 1.82) is 0 Å². The van der Waals surface area contributed by atoms with E-state index in [0.717, 1.165) is 12.1 Å². The highest BCUT2D eigenvalue weighted by molar-refractivity contribution is 5.42. The number of hydrogen-bond donors (Lipinski definition) is 0. The minimum Gasteiger partial charge on any atom is -0.459 e. The summed E-state index contributed by atoms with van der Waals surface area (Å²) in [5, 5.41) is 8.00. The molecule has 2 heterocycles. The zero-order valence-electron chi connectivity index (χ0n) is 12.2. The Morgan fingerprint density at radius 2 is 2.05 bits per heavy atom. The van der Waals surface area contributed by atoms with Crippen molar-refractivity contribution in [2.75, 3.05) is 6.54 Å². The molecule has 2 aromatic heterocycles. The van der Waals surface area contributed by atoms with Crippen molar-refractivity contribution in [3.63, 3.8) is 0 Å². The van der Waals surface area contributed by atoms with E-state index in [-0.39, 0.29) is 5.82 Å². The van der Waals surface area contributed by atoms with Gasteiger partial charge in [0.2, 0.25) is 5.89 Å².